The van der Waals surface area contributed by atoms with E-state index in [0.717, 1.165) is 24.8 Å². The van der Waals surface area contributed by atoms with Crippen molar-refractivity contribution >= 4 is 17.4 Å². The zero-order valence-electron chi connectivity index (χ0n) is 17.3. The third kappa shape index (κ3) is 7.49. The minimum absolute atomic E-state index is 0.0707. The van der Waals surface area contributed by atoms with Gasteiger partial charge in [-0.3, -0.25) is 9.59 Å². The fourth-order valence-electron chi connectivity index (χ4n) is 3.85. The quantitative estimate of drug-likeness (QED) is 0.447. The Kier molecular flexibility index (Phi) is 9.81. The lowest BCUT2D eigenvalue weighted by molar-refractivity contribution is -0.127. The van der Waals surface area contributed by atoms with Crippen molar-refractivity contribution in [2.24, 2.45) is 5.73 Å². The number of hydrogen-bond donors (Lipinski definition) is 2. The maximum absolute atomic E-state index is 12.2. The van der Waals surface area contributed by atoms with E-state index >= 15 is 0 Å². The standard InChI is InChI=1S/C24H36N2O2/c1-2-3-4-5-6-7-8-9-10-15-23(27)26-22(24(25)28)18-20-17-16-19-13-11-12-14-21(19)20/h11-14,17,22H,2-10,15-16,18H2,1H3,(H2,25,28)(H,26,27)/t22-/m0/s1. The van der Waals surface area contributed by atoms with Gasteiger partial charge in [0.15, 0.2) is 0 Å². The van der Waals surface area contributed by atoms with E-state index in [1.165, 1.54) is 56.1 Å². The van der Waals surface area contributed by atoms with Crippen LogP contribution in [0.5, 0.6) is 0 Å². The fourth-order valence-corrected chi connectivity index (χ4v) is 3.85. The van der Waals surface area contributed by atoms with E-state index in [-0.39, 0.29) is 5.91 Å². The lowest BCUT2D eigenvalue weighted by atomic mass is 9.99. The van der Waals surface area contributed by atoms with Gasteiger partial charge in [0, 0.05) is 12.8 Å². The van der Waals surface area contributed by atoms with Crippen molar-refractivity contribution in [3.8, 4) is 0 Å². The van der Waals surface area contributed by atoms with Gasteiger partial charge in [0.25, 0.3) is 0 Å². The number of unbranched alkanes of at least 4 members (excludes halogenated alkanes) is 8. The van der Waals surface area contributed by atoms with Crippen LogP contribution in [-0.2, 0) is 16.0 Å². The van der Waals surface area contributed by atoms with Crippen LogP contribution in [0.3, 0.4) is 0 Å². The zero-order chi connectivity index (χ0) is 20.2. The van der Waals surface area contributed by atoms with Crippen LogP contribution in [0.2, 0.25) is 0 Å². The number of rotatable bonds is 14. The maximum Gasteiger partial charge on any atom is 0.240 e. The van der Waals surface area contributed by atoms with Gasteiger partial charge < -0.3 is 11.1 Å². The number of carbonyl (C=O) groups is 2. The first-order chi connectivity index (χ1) is 13.6. The number of primary amides is 1. The second kappa shape index (κ2) is 12.4. The number of carbonyl (C=O) groups excluding carboxylic acids is 2. The molecule has 4 nitrogen and oxygen atoms in total. The Morgan fingerprint density at radius 1 is 1.00 bits per heavy atom. The second-order valence-electron chi connectivity index (χ2n) is 7.90. The molecule has 1 aliphatic rings. The largest absolute Gasteiger partial charge is 0.368 e. The van der Waals surface area contributed by atoms with Crippen molar-refractivity contribution < 1.29 is 9.59 Å². The van der Waals surface area contributed by atoms with Gasteiger partial charge in [-0.05, 0) is 29.5 Å². The van der Waals surface area contributed by atoms with Crippen LogP contribution in [-0.4, -0.2) is 17.9 Å². The SMILES string of the molecule is CCCCCCCCCCCC(=O)N[C@@H](CC1=CCc2ccccc21)C(N)=O. The van der Waals surface area contributed by atoms with E-state index in [1.54, 1.807) is 0 Å². The van der Waals surface area contributed by atoms with Gasteiger partial charge in [-0.25, -0.2) is 0 Å². The third-order valence-electron chi connectivity index (χ3n) is 5.54. The molecular weight excluding hydrogens is 348 g/mol. The number of fused-ring (bicyclic) bond motifs is 1. The monoisotopic (exact) mass is 384 g/mol. The van der Waals surface area contributed by atoms with Crippen LogP contribution in [0.1, 0.15) is 88.7 Å². The van der Waals surface area contributed by atoms with Gasteiger partial charge in [0.1, 0.15) is 6.04 Å². The van der Waals surface area contributed by atoms with E-state index in [9.17, 15) is 9.59 Å². The molecule has 3 N–H and O–H groups in total. The molecule has 1 atom stereocenters. The number of allylic oxidation sites excluding steroid dienone is 1. The van der Waals surface area contributed by atoms with E-state index in [4.69, 9.17) is 5.73 Å². The fraction of sp³-hybridized carbons (Fsp3) is 0.583. The van der Waals surface area contributed by atoms with Gasteiger partial charge in [-0.15, -0.1) is 0 Å². The number of nitrogens with two attached hydrogens (primary N) is 1. The summed E-state index contributed by atoms with van der Waals surface area (Å²) < 4.78 is 0. The van der Waals surface area contributed by atoms with Crippen molar-refractivity contribution in [2.75, 3.05) is 0 Å². The maximum atomic E-state index is 12.2. The summed E-state index contributed by atoms with van der Waals surface area (Å²) >= 11 is 0. The Balaban J connectivity index is 1.66. The average Bonchev–Trinajstić information content (AvgIpc) is 3.09. The van der Waals surface area contributed by atoms with Crippen LogP contribution in [0.25, 0.3) is 5.57 Å². The molecule has 154 valence electrons. The van der Waals surface area contributed by atoms with Crippen molar-refractivity contribution in [2.45, 2.75) is 90.0 Å². The number of amides is 2. The van der Waals surface area contributed by atoms with E-state index in [1.807, 2.05) is 12.1 Å². The highest BCUT2D eigenvalue weighted by Crippen LogP contribution is 2.30. The molecule has 28 heavy (non-hydrogen) atoms. The van der Waals surface area contributed by atoms with Crippen molar-refractivity contribution in [3.63, 3.8) is 0 Å². The molecule has 1 aromatic carbocycles. The van der Waals surface area contributed by atoms with E-state index < -0.39 is 11.9 Å². The van der Waals surface area contributed by atoms with Crippen LogP contribution >= 0.6 is 0 Å². The van der Waals surface area contributed by atoms with E-state index in [0.29, 0.717) is 12.8 Å². The van der Waals surface area contributed by atoms with Crippen LogP contribution in [0, 0.1) is 0 Å². The lowest BCUT2D eigenvalue weighted by Crippen LogP contribution is -2.44. The normalized spacial score (nSPS) is 13.7. The Morgan fingerprint density at radius 3 is 2.32 bits per heavy atom. The van der Waals surface area contributed by atoms with Gasteiger partial charge in [-0.1, -0.05) is 88.6 Å². The molecule has 2 amide bonds. The average molecular weight is 385 g/mol. The highest BCUT2D eigenvalue weighted by Gasteiger charge is 2.23. The molecule has 0 aromatic heterocycles. The Hall–Kier alpha value is -2.10. The number of hydrogen-bond acceptors (Lipinski definition) is 2. The molecule has 0 saturated heterocycles. The summed E-state index contributed by atoms with van der Waals surface area (Å²) in [5.41, 5.74) is 9.08. The second-order valence-corrected chi connectivity index (χ2v) is 7.90. The van der Waals surface area contributed by atoms with Crippen molar-refractivity contribution in [3.05, 3.63) is 41.5 Å². The molecule has 2 rings (SSSR count). The molecular formula is C24H36N2O2. The minimum atomic E-state index is -0.636. The van der Waals surface area contributed by atoms with Crippen molar-refractivity contribution in [1.29, 1.82) is 0 Å². The van der Waals surface area contributed by atoms with Crippen LogP contribution < -0.4 is 11.1 Å². The zero-order valence-corrected chi connectivity index (χ0v) is 17.3. The molecule has 1 aromatic rings. The Bertz CT molecular complexity index is 666. The summed E-state index contributed by atoms with van der Waals surface area (Å²) in [5.74, 6) is -0.538. The number of benzene rings is 1. The predicted octanol–water partition coefficient (Wildman–Crippen LogP) is 4.91. The summed E-state index contributed by atoms with van der Waals surface area (Å²) in [5, 5.41) is 2.85. The third-order valence-corrected chi connectivity index (χ3v) is 5.54. The molecule has 1 aliphatic carbocycles. The van der Waals surface area contributed by atoms with Crippen LogP contribution in [0.4, 0.5) is 0 Å². The summed E-state index contributed by atoms with van der Waals surface area (Å²) in [6.45, 7) is 2.23. The molecule has 0 fully saturated rings. The predicted molar refractivity (Wildman–Crippen MR) is 116 cm³/mol. The molecule has 0 spiro atoms. The first-order valence-electron chi connectivity index (χ1n) is 11.0. The van der Waals surface area contributed by atoms with Gasteiger partial charge >= 0.3 is 0 Å². The van der Waals surface area contributed by atoms with Gasteiger partial charge in [-0.2, -0.15) is 0 Å². The highest BCUT2D eigenvalue weighted by molar-refractivity contribution is 5.89. The molecule has 0 unspecified atom stereocenters. The molecule has 0 bridgehead atoms. The van der Waals surface area contributed by atoms with Gasteiger partial charge in [0.2, 0.25) is 11.8 Å². The van der Waals surface area contributed by atoms with Crippen molar-refractivity contribution in [1.82, 2.24) is 5.32 Å². The molecule has 0 saturated carbocycles. The summed E-state index contributed by atoms with van der Waals surface area (Å²) in [4.78, 5) is 24.1. The molecule has 4 heteroatoms. The smallest absolute Gasteiger partial charge is 0.240 e. The van der Waals surface area contributed by atoms with E-state index in [2.05, 4.69) is 30.4 Å². The summed E-state index contributed by atoms with van der Waals surface area (Å²) in [6.07, 6.45) is 14.9. The first-order valence-corrected chi connectivity index (χ1v) is 11.0. The molecule has 0 heterocycles. The van der Waals surface area contributed by atoms with Crippen LogP contribution in [0.15, 0.2) is 30.3 Å². The highest BCUT2D eigenvalue weighted by atomic mass is 16.2. The summed E-state index contributed by atoms with van der Waals surface area (Å²) in [6, 6.07) is 7.55. The summed E-state index contributed by atoms with van der Waals surface area (Å²) in [7, 11) is 0. The minimum Gasteiger partial charge on any atom is -0.368 e. The molecule has 0 aliphatic heterocycles. The molecule has 0 radical (unpaired) electrons. The number of nitrogens with one attached hydrogen (secondary N) is 1. The Labute approximate surface area is 170 Å². The van der Waals surface area contributed by atoms with Gasteiger partial charge in [0.05, 0.1) is 0 Å². The lowest BCUT2D eigenvalue weighted by Gasteiger charge is -2.17. The topological polar surface area (TPSA) is 72.2 Å². The Morgan fingerprint density at radius 2 is 1.64 bits per heavy atom. The first kappa shape index (κ1) is 22.2.